The van der Waals surface area contributed by atoms with Gasteiger partial charge in [0.25, 0.3) is 5.91 Å². The van der Waals surface area contributed by atoms with Crippen LogP contribution in [0.1, 0.15) is 152 Å². The summed E-state index contributed by atoms with van der Waals surface area (Å²) < 4.78 is 6.32. The SMILES string of the molecule is CCCCC(NC(=O)C(CCCC)NC(=O)CNC(=O)C(=O)C(CCC)NC(=O)[C@@H]1C[C@@H](OCc2ccccc2)CN1C(=O)C(NC(=O)[C@H]1CCCC[C@H]1C(=O)c1ccccc1)C1CCCCC1)C(N)=O. The minimum absolute atomic E-state index is 0.0303. The van der Waals surface area contributed by atoms with Crippen LogP contribution in [0.25, 0.3) is 0 Å². The molecule has 2 aliphatic carbocycles. The van der Waals surface area contributed by atoms with Crippen LogP contribution < -0.4 is 32.3 Å². The third-order valence-corrected chi connectivity index (χ3v) is 14.2. The first-order chi connectivity index (χ1) is 34.3. The van der Waals surface area contributed by atoms with Crippen LogP contribution in [0.15, 0.2) is 60.7 Å². The number of nitrogens with two attached hydrogens (primary N) is 1. The topological polar surface area (TPSA) is 252 Å². The average Bonchev–Trinajstić information content (AvgIpc) is 3.83. The van der Waals surface area contributed by atoms with Crippen LogP contribution in [0.5, 0.6) is 0 Å². The summed E-state index contributed by atoms with van der Waals surface area (Å²) in [5, 5.41) is 13.4. The van der Waals surface area contributed by atoms with E-state index in [4.69, 9.17) is 10.5 Å². The third-order valence-electron chi connectivity index (χ3n) is 14.2. The van der Waals surface area contributed by atoms with Crippen molar-refractivity contribution in [1.29, 1.82) is 0 Å². The number of carbonyl (C=O) groups is 9. The van der Waals surface area contributed by atoms with E-state index in [0.29, 0.717) is 56.9 Å². The molecule has 0 spiro atoms. The number of ether oxygens (including phenoxy) is 1. The van der Waals surface area contributed by atoms with Crippen LogP contribution in [-0.2, 0) is 49.7 Å². The number of hydrogen-bond donors (Lipinski definition) is 6. The number of Topliss-reactive ketones (excluding diaryl/α,β-unsaturated/α-hetero) is 2. The summed E-state index contributed by atoms with van der Waals surface area (Å²) in [5.74, 6) is -7.11. The molecule has 71 heavy (non-hydrogen) atoms. The van der Waals surface area contributed by atoms with Crippen LogP contribution in [0.4, 0.5) is 0 Å². The summed E-state index contributed by atoms with van der Waals surface area (Å²) in [7, 11) is 0. The van der Waals surface area contributed by atoms with Gasteiger partial charge in [-0.05, 0) is 56.4 Å². The summed E-state index contributed by atoms with van der Waals surface area (Å²) in [6, 6.07) is 13.1. The second-order valence-electron chi connectivity index (χ2n) is 19.5. The fraction of sp³-hybridized carbons (Fsp3) is 0.611. The molecule has 388 valence electrons. The van der Waals surface area contributed by atoms with Gasteiger partial charge in [0.15, 0.2) is 5.78 Å². The molecule has 0 bridgehead atoms. The van der Waals surface area contributed by atoms with Gasteiger partial charge in [-0.2, -0.15) is 0 Å². The van der Waals surface area contributed by atoms with Gasteiger partial charge in [0.2, 0.25) is 41.2 Å². The number of ketones is 2. The molecule has 1 saturated heterocycles. The lowest BCUT2D eigenvalue weighted by atomic mass is 9.74. The molecule has 0 radical (unpaired) electrons. The molecule has 2 aromatic rings. The maximum Gasteiger partial charge on any atom is 0.290 e. The van der Waals surface area contributed by atoms with Gasteiger partial charge in [-0.3, -0.25) is 43.2 Å². The summed E-state index contributed by atoms with van der Waals surface area (Å²) in [6.07, 6.45) is 10.0. The molecule has 3 fully saturated rings. The van der Waals surface area contributed by atoms with Crippen molar-refractivity contribution in [2.45, 2.75) is 179 Å². The third kappa shape index (κ3) is 16.5. The molecule has 4 unspecified atom stereocenters. The molecule has 3 aliphatic rings. The first-order valence-corrected chi connectivity index (χ1v) is 26.1. The summed E-state index contributed by atoms with van der Waals surface area (Å²) >= 11 is 0. The minimum atomic E-state index is -1.31. The zero-order valence-corrected chi connectivity index (χ0v) is 41.9. The molecule has 7 amide bonds. The van der Waals surface area contributed by atoms with E-state index in [1.165, 1.54) is 4.90 Å². The second-order valence-corrected chi connectivity index (χ2v) is 19.5. The zero-order chi connectivity index (χ0) is 51.3. The highest BCUT2D eigenvalue weighted by Gasteiger charge is 2.46. The zero-order valence-electron chi connectivity index (χ0n) is 41.9. The Kier molecular flexibility index (Phi) is 22.7. The normalized spacial score (nSPS) is 20.9. The Bertz CT molecular complexity index is 2120. The van der Waals surface area contributed by atoms with Gasteiger partial charge in [-0.1, -0.05) is 146 Å². The molecule has 2 aromatic carbocycles. The van der Waals surface area contributed by atoms with E-state index in [9.17, 15) is 38.4 Å². The van der Waals surface area contributed by atoms with Crippen LogP contribution in [-0.4, -0.2) is 107 Å². The second kappa shape index (κ2) is 28.8. The number of rotatable bonds is 27. The van der Waals surface area contributed by atoms with Crippen molar-refractivity contribution in [3.63, 3.8) is 0 Å². The van der Waals surface area contributed by atoms with Gasteiger partial charge in [0, 0.05) is 30.4 Å². The predicted molar refractivity (Wildman–Crippen MR) is 267 cm³/mol. The lowest BCUT2D eigenvalue weighted by Gasteiger charge is -2.37. The number of nitrogens with one attached hydrogen (secondary N) is 5. The number of benzene rings is 2. The van der Waals surface area contributed by atoms with E-state index in [1.807, 2.05) is 50.2 Å². The molecule has 1 aliphatic heterocycles. The highest BCUT2D eigenvalue weighted by atomic mass is 16.5. The van der Waals surface area contributed by atoms with Crippen molar-refractivity contribution >= 4 is 52.9 Å². The number of likely N-dealkylation sites (tertiary alicyclic amines) is 1. The standard InChI is InChI=1S/C54H77N7O10/c1-4-7-29-42(49(55)65)59-51(67)43(30-8-5-2)57-45(62)32-56-53(69)48(64)41(20-6-3)58-52(68)44-31-38(71-34-35-21-12-9-13-22-35)33-61(44)54(70)46(36-23-14-10-15-24-36)60-50(66)40-28-19-18-27-39(40)47(63)37-25-16-11-17-26-37/h9,11-13,16-17,21-22,25-26,36,38-44,46H,4-8,10,14-15,18-20,23-24,27-34H2,1-3H3,(H2,55,65)(H,56,69)(H,57,62)(H,58,68)(H,59,67)(H,60,66)/t38-,39-,40+,41?,42?,43?,44+,46?/m1/s1. The number of carbonyl (C=O) groups excluding carboxylic acids is 9. The highest BCUT2D eigenvalue weighted by Crippen LogP contribution is 2.35. The molecule has 0 aromatic heterocycles. The smallest absolute Gasteiger partial charge is 0.290 e. The van der Waals surface area contributed by atoms with E-state index >= 15 is 4.79 Å². The average molecular weight is 984 g/mol. The molecule has 8 atom stereocenters. The Morgan fingerprint density at radius 1 is 0.662 bits per heavy atom. The quantitative estimate of drug-likeness (QED) is 0.0530. The minimum Gasteiger partial charge on any atom is -0.372 e. The summed E-state index contributed by atoms with van der Waals surface area (Å²) in [6.45, 7) is 5.23. The van der Waals surface area contributed by atoms with Crippen molar-refractivity contribution in [1.82, 2.24) is 31.5 Å². The molecular formula is C54H77N7O10. The van der Waals surface area contributed by atoms with Gasteiger partial charge in [0.05, 0.1) is 25.3 Å². The summed E-state index contributed by atoms with van der Waals surface area (Å²) in [5.41, 5.74) is 6.95. The van der Waals surface area contributed by atoms with Crippen molar-refractivity contribution in [3.05, 3.63) is 71.8 Å². The van der Waals surface area contributed by atoms with Crippen molar-refractivity contribution in [2.75, 3.05) is 13.1 Å². The number of nitrogens with zero attached hydrogens (tertiary/aromatic N) is 1. The molecule has 17 heteroatoms. The van der Waals surface area contributed by atoms with Gasteiger partial charge in [-0.15, -0.1) is 0 Å². The van der Waals surface area contributed by atoms with Crippen molar-refractivity contribution in [2.24, 2.45) is 23.5 Å². The van der Waals surface area contributed by atoms with E-state index in [1.54, 1.807) is 31.2 Å². The Morgan fingerprint density at radius 3 is 1.92 bits per heavy atom. The van der Waals surface area contributed by atoms with Crippen molar-refractivity contribution < 1.29 is 47.9 Å². The fourth-order valence-corrected chi connectivity index (χ4v) is 10.2. The lowest BCUT2D eigenvalue weighted by molar-refractivity contribution is -0.145. The lowest BCUT2D eigenvalue weighted by Crippen LogP contribution is -2.59. The van der Waals surface area contributed by atoms with Crippen molar-refractivity contribution in [3.8, 4) is 0 Å². The summed E-state index contributed by atoms with van der Waals surface area (Å²) in [4.78, 5) is 125. The van der Waals surface area contributed by atoms with Crippen LogP contribution in [0.2, 0.25) is 0 Å². The number of unbranched alkanes of at least 4 members (excludes halogenated alkanes) is 2. The van der Waals surface area contributed by atoms with Gasteiger partial charge >= 0.3 is 0 Å². The van der Waals surface area contributed by atoms with E-state index in [2.05, 4.69) is 26.6 Å². The van der Waals surface area contributed by atoms with E-state index in [0.717, 1.165) is 50.5 Å². The fourth-order valence-electron chi connectivity index (χ4n) is 10.2. The molecule has 1 heterocycles. The Labute approximate surface area is 418 Å². The Morgan fingerprint density at radius 2 is 1.28 bits per heavy atom. The molecule has 5 rings (SSSR count). The monoisotopic (exact) mass is 984 g/mol. The largest absolute Gasteiger partial charge is 0.372 e. The molecule has 7 N–H and O–H groups in total. The Hall–Kier alpha value is -5.97. The van der Waals surface area contributed by atoms with Gasteiger partial charge in [-0.25, -0.2) is 0 Å². The maximum absolute atomic E-state index is 15.1. The Balaban J connectivity index is 1.31. The maximum atomic E-state index is 15.1. The van der Waals surface area contributed by atoms with Crippen LogP contribution >= 0.6 is 0 Å². The van der Waals surface area contributed by atoms with Gasteiger partial charge in [0.1, 0.15) is 24.2 Å². The highest BCUT2D eigenvalue weighted by molar-refractivity contribution is 6.38. The first-order valence-electron chi connectivity index (χ1n) is 26.1. The predicted octanol–water partition coefficient (Wildman–Crippen LogP) is 4.73. The number of primary amides is 1. The van der Waals surface area contributed by atoms with Crippen LogP contribution in [0.3, 0.4) is 0 Å². The molecular weight excluding hydrogens is 907 g/mol. The molecule has 17 nitrogen and oxygen atoms in total. The van der Waals surface area contributed by atoms with E-state index in [-0.39, 0.29) is 50.0 Å². The number of amides is 7. The van der Waals surface area contributed by atoms with Crippen LogP contribution in [0, 0.1) is 17.8 Å². The first kappa shape index (κ1) is 56.0. The van der Waals surface area contributed by atoms with E-state index < -0.39 is 95.9 Å². The molecule has 2 saturated carbocycles. The van der Waals surface area contributed by atoms with Gasteiger partial charge < -0.3 is 42.0 Å². The number of hydrogen-bond acceptors (Lipinski definition) is 10.